The van der Waals surface area contributed by atoms with Crippen molar-refractivity contribution in [2.24, 2.45) is 5.41 Å². The fraction of sp³-hybridized carbons (Fsp3) is 0.579. The van der Waals surface area contributed by atoms with Crippen molar-refractivity contribution in [1.82, 2.24) is 20.4 Å². The Balaban J connectivity index is 1.57. The van der Waals surface area contributed by atoms with Gasteiger partial charge in [-0.1, -0.05) is 13.8 Å². The lowest BCUT2D eigenvalue weighted by molar-refractivity contribution is 0.0686. The number of carbonyl (C=O) groups excluding carboxylic acids is 1. The van der Waals surface area contributed by atoms with E-state index in [0.29, 0.717) is 29.6 Å². The van der Waals surface area contributed by atoms with Gasteiger partial charge >= 0.3 is 0 Å². The molecule has 3 heterocycles. The minimum atomic E-state index is 0.0646. The van der Waals surface area contributed by atoms with Crippen LogP contribution in [0, 0.1) is 5.41 Å². The number of carbonyl (C=O) groups is 1. The number of rotatable bonds is 5. The molecule has 1 aliphatic heterocycles. The van der Waals surface area contributed by atoms with Crippen molar-refractivity contribution in [1.29, 1.82) is 0 Å². The number of nitrogens with one attached hydrogen (secondary N) is 2. The summed E-state index contributed by atoms with van der Waals surface area (Å²) in [5, 5.41) is 15.0. The third kappa shape index (κ3) is 3.25. The van der Waals surface area contributed by atoms with Gasteiger partial charge in [-0.25, -0.2) is 0 Å². The molecule has 1 aliphatic carbocycles. The Labute approximate surface area is 152 Å². The number of aromatic nitrogens is 2. The molecule has 0 bridgehead atoms. The van der Waals surface area contributed by atoms with Crippen molar-refractivity contribution < 1.29 is 4.79 Å². The molecule has 1 saturated heterocycles. The summed E-state index contributed by atoms with van der Waals surface area (Å²) >= 11 is 1.69. The van der Waals surface area contributed by atoms with Gasteiger partial charge in [0.1, 0.15) is 5.69 Å². The summed E-state index contributed by atoms with van der Waals surface area (Å²) < 4.78 is 0. The summed E-state index contributed by atoms with van der Waals surface area (Å²) in [6.45, 7) is 7.03. The standard InChI is InChI=1S/C19H26N4OS/c1-13(2)15-9-16(22-21-15)18(24)23(11-14-3-8-25-12-14)17-10-19(17)4-6-20-7-5-19/h3,8-9,12-13,17,20H,4-7,10-11H2,1-2H3,(H,21,22)/t17-/m0/s1. The average molecular weight is 359 g/mol. The summed E-state index contributed by atoms with van der Waals surface area (Å²) in [5.41, 5.74) is 3.11. The zero-order chi connectivity index (χ0) is 17.4. The maximum atomic E-state index is 13.2. The van der Waals surface area contributed by atoms with Gasteiger partial charge in [-0.2, -0.15) is 16.4 Å². The molecule has 0 aromatic carbocycles. The predicted molar refractivity (Wildman–Crippen MR) is 99.8 cm³/mol. The van der Waals surface area contributed by atoms with E-state index in [0.717, 1.165) is 25.2 Å². The number of amides is 1. The molecule has 0 radical (unpaired) electrons. The predicted octanol–water partition coefficient (Wildman–Crippen LogP) is 3.38. The number of aromatic amines is 1. The number of piperidine rings is 1. The number of nitrogens with zero attached hydrogens (tertiary/aromatic N) is 2. The van der Waals surface area contributed by atoms with Gasteiger partial charge in [0.25, 0.3) is 5.91 Å². The molecule has 2 aromatic rings. The Morgan fingerprint density at radius 2 is 2.24 bits per heavy atom. The molecule has 1 saturated carbocycles. The molecule has 2 aromatic heterocycles. The second-order valence-electron chi connectivity index (χ2n) is 7.76. The van der Waals surface area contributed by atoms with Crippen molar-refractivity contribution in [3.05, 3.63) is 39.8 Å². The first-order chi connectivity index (χ1) is 12.1. The fourth-order valence-electron chi connectivity index (χ4n) is 4.02. The van der Waals surface area contributed by atoms with Crippen LogP contribution < -0.4 is 5.32 Å². The van der Waals surface area contributed by atoms with E-state index >= 15 is 0 Å². The van der Waals surface area contributed by atoms with Crippen molar-refractivity contribution >= 4 is 17.2 Å². The third-order valence-electron chi connectivity index (χ3n) is 5.75. The highest BCUT2D eigenvalue weighted by atomic mass is 32.1. The van der Waals surface area contributed by atoms with Gasteiger partial charge in [0.15, 0.2) is 0 Å². The Bertz CT molecular complexity index is 730. The normalized spacial score (nSPS) is 21.6. The molecule has 5 nitrogen and oxygen atoms in total. The summed E-state index contributed by atoms with van der Waals surface area (Å²) in [7, 11) is 0. The lowest BCUT2D eigenvalue weighted by atomic mass is 9.93. The van der Waals surface area contributed by atoms with E-state index in [4.69, 9.17) is 0 Å². The Morgan fingerprint density at radius 1 is 1.44 bits per heavy atom. The Hall–Kier alpha value is -1.66. The molecule has 1 amide bonds. The summed E-state index contributed by atoms with van der Waals surface area (Å²) in [5.74, 6) is 0.408. The lowest BCUT2D eigenvalue weighted by Gasteiger charge is -2.29. The van der Waals surface area contributed by atoms with E-state index in [1.165, 1.54) is 18.4 Å². The summed E-state index contributed by atoms with van der Waals surface area (Å²) in [6.07, 6.45) is 3.47. The maximum absolute atomic E-state index is 13.2. The largest absolute Gasteiger partial charge is 0.329 e. The van der Waals surface area contributed by atoms with E-state index in [2.05, 4.69) is 51.1 Å². The number of thiophene rings is 1. The van der Waals surface area contributed by atoms with Crippen LogP contribution in [0.1, 0.15) is 60.8 Å². The summed E-state index contributed by atoms with van der Waals surface area (Å²) in [6, 6.07) is 4.39. The molecule has 1 spiro atoms. The first kappa shape index (κ1) is 16.8. The van der Waals surface area contributed by atoms with Gasteiger partial charge in [0, 0.05) is 18.3 Å². The van der Waals surface area contributed by atoms with Crippen LogP contribution in [0.2, 0.25) is 0 Å². The average Bonchev–Trinajstić information content (AvgIpc) is 3.06. The topological polar surface area (TPSA) is 61.0 Å². The Morgan fingerprint density at radius 3 is 2.88 bits per heavy atom. The third-order valence-corrected chi connectivity index (χ3v) is 6.49. The molecule has 25 heavy (non-hydrogen) atoms. The van der Waals surface area contributed by atoms with Gasteiger partial charge in [0.05, 0.1) is 0 Å². The molecule has 4 rings (SSSR count). The monoisotopic (exact) mass is 358 g/mol. The van der Waals surface area contributed by atoms with Crippen LogP contribution in [-0.2, 0) is 6.54 Å². The quantitative estimate of drug-likeness (QED) is 0.861. The van der Waals surface area contributed by atoms with Gasteiger partial charge in [-0.15, -0.1) is 0 Å². The van der Waals surface area contributed by atoms with Crippen molar-refractivity contribution in [2.75, 3.05) is 13.1 Å². The zero-order valence-electron chi connectivity index (χ0n) is 14.9. The highest BCUT2D eigenvalue weighted by Crippen LogP contribution is 2.56. The summed E-state index contributed by atoms with van der Waals surface area (Å²) in [4.78, 5) is 15.3. The van der Waals surface area contributed by atoms with Crippen molar-refractivity contribution in [3.63, 3.8) is 0 Å². The van der Waals surface area contributed by atoms with Gasteiger partial charge in [-0.3, -0.25) is 9.89 Å². The fourth-order valence-corrected chi connectivity index (χ4v) is 4.68. The molecule has 0 unspecified atom stereocenters. The number of hydrogen-bond donors (Lipinski definition) is 2. The first-order valence-corrected chi connectivity index (χ1v) is 10.1. The SMILES string of the molecule is CC(C)c1cc(C(=O)N(Cc2ccsc2)[C@H]2CC23CCNCC3)n[nH]1. The minimum Gasteiger partial charge on any atom is -0.329 e. The molecule has 1 atom stereocenters. The maximum Gasteiger partial charge on any atom is 0.274 e. The van der Waals surface area contributed by atoms with Crippen LogP contribution in [0.3, 0.4) is 0 Å². The second-order valence-corrected chi connectivity index (χ2v) is 8.54. The van der Waals surface area contributed by atoms with Gasteiger partial charge < -0.3 is 10.2 Å². The molecule has 134 valence electrons. The molecule has 2 aliphatic rings. The van der Waals surface area contributed by atoms with E-state index in [9.17, 15) is 4.79 Å². The molecular formula is C19H26N4OS. The highest BCUT2D eigenvalue weighted by Gasteiger charge is 2.57. The molecular weight excluding hydrogens is 332 g/mol. The van der Waals surface area contributed by atoms with E-state index in [-0.39, 0.29) is 5.91 Å². The van der Waals surface area contributed by atoms with E-state index < -0.39 is 0 Å². The van der Waals surface area contributed by atoms with Gasteiger partial charge in [0.2, 0.25) is 0 Å². The van der Waals surface area contributed by atoms with Crippen LogP contribution in [0.15, 0.2) is 22.9 Å². The Kier molecular flexibility index (Phi) is 4.41. The van der Waals surface area contributed by atoms with Crippen molar-refractivity contribution in [3.8, 4) is 0 Å². The minimum absolute atomic E-state index is 0.0646. The first-order valence-electron chi connectivity index (χ1n) is 9.17. The molecule has 6 heteroatoms. The second kappa shape index (κ2) is 6.57. The van der Waals surface area contributed by atoms with Gasteiger partial charge in [-0.05, 0) is 72.1 Å². The lowest BCUT2D eigenvalue weighted by Crippen LogP contribution is -2.39. The van der Waals surface area contributed by atoms with Crippen LogP contribution >= 0.6 is 11.3 Å². The molecule has 2 N–H and O–H groups in total. The highest BCUT2D eigenvalue weighted by molar-refractivity contribution is 7.07. The van der Waals surface area contributed by atoms with Crippen molar-refractivity contribution in [2.45, 2.75) is 51.6 Å². The van der Waals surface area contributed by atoms with Crippen LogP contribution in [-0.4, -0.2) is 40.1 Å². The smallest absolute Gasteiger partial charge is 0.274 e. The number of hydrogen-bond acceptors (Lipinski definition) is 4. The molecule has 2 fully saturated rings. The number of H-pyrrole nitrogens is 1. The van der Waals surface area contributed by atoms with Crippen LogP contribution in [0.25, 0.3) is 0 Å². The van der Waals surface area contributed by atoms with Crippen LogP contribution in [0.5, 0.6) is 0 Å². The van der Waals surface area contributed by atoms with E-state index in [1.54, 1.807) is 11.3 Å². The zero-order valence-corrected chi connectivity index (χ0v) is 15.7. The van der Waals surface area contributed by atoms with Crippen LogP contribution in [0.4, 0.5) is 0 Å². The van der Waals surface area contributed by atoms with E-state index in [1.807, 2.05) is 6.07 Å².